The molecule has 1 saturated heterocycles. The second kappa shape index (κ2) is 9.94. The molecule has 0 radical (unpaired) electrons. The van der Waals surface area contributed by atoms with Gasteiger partial charge in [-0.05, 0) is 43.2 Å². The molecule has 1 unspecified atom stereocenters. The van der Waals surface area contributed by atoms with Crippen molar-refractivity contribution in [3.8, 4) is 17.0 Å². The number of β-amino-alcohol motifs (C(OH)–C–C–N with tert-alkyl or cyclic N) is 1. The maximum Gasteiger partial charge on any atom is 0.416 e. The van der Waals surface area contributed by atoms with Crippen LogP contribution in [-0.4, -0.2) is 64.1 Å². The van der Waals surface area contributed by atoms with Gasteiger partial charge in [0.15, 0.2) is 6.61 Å². The molecule has 2 aliphatic heterocycles. The maximum atomic E-state index is 12.8. The van der Waals surface area contributed by atoms with Crippen molar-refractivity contribution in [1.82, 2.24) is 14.7 Å². The van der Waals surface area contributed by atoms with Gasteiger partial charge in [-0.2, -0.15) is 18.3 Å². The molecule has 7 nitrogen and oxygen atoms in total. The summed E-state index contributed by atoms with van der Waals surface area (Å²) in [5, 5.41) is 15.0. The van der Waals surface area contributed by atoms with Crippen LogP contribution < -0.4 is 9.64 Å². The number of aliphatic hydroxyl groups is 1. The molecule has 2 aromatic carbocycles. The predicted octanol–water partition coefficient (Wildman–Crippen LogP) is 3.82. The number of carbonyl (C=O) groups is 1. The number of alkyl halides is 3. The molecule has 0 aliphatic carbocycles. The summed E-state index contributed by atoms with van der Waals surface area (Å²) in [5.74, 6) is 0.694. The molecule has 1 aromatic heterocycles. The number of aliphatic hydroxyl groups excluding tert-OH is 1. The fourth-order valence-electron chi connectivity index (χ4n) is 4.90. The molecular weight excluding hydrogens is 473 g/mol. The monoisotopic (exact) mass is 500 g/mol. The van der Waals surface area contributed by atoms with Crippen molar-refractivity contribution in [2.24, 2.45) is 0 Å². The number of benzene rings is 2. The number of para-hydroxylation sites is 2. The zero-order valence-corrected chi connectivity index (χ0v) is 19.6. The number of hydrogen-bond donors (Lipinski definition) is 1. The van der Waals surface area contributed by atoms with Crippen LogP contribution in [0.5, 0.6) is 5.75 Å². The van der Waals surface area contributed by atoms with Crippen molar-refractivity contribution in [3.63, 3.8) is 0 Å². The van der Waals surface area contributed by atoms with Crippen LogP contribution in [0.3, 0.4) is 0 Å². The normalized spacial score (nSPS) is 18.1. The second-order valence-electron chi connectivity index (χ2n) is 9.20. The second-order valence-corrected chi connectivity index (χ2v) is 9.20. The van der Waals surface area contributed by atoms with Crippen molar-refractivity contribution in [2.75, 3.05) is 31.1 Å². The Morgan fingerprint density at radius 2 is 1.75 bits per heavy atom. The zero-order chi connectivity index (χ0) is 25.3. The lowest BCUT2D eigenvalue weighted by Crippen LogP contribution is -2.51. The summed E-state index contributed by atoms with van der Waals surface area (Å²) in [6.45, 7) is 2.30. The molecule has 2 aliphatic rings. The standard InChI is InChI=1S/C26H27F3N4O3/c27-26(28,29)19-7-5-18(6-8-19)22-11-14-32(30-22)16-21(34)15-31-12-9-20(10-13-31)33-23-3-1-2-4-24(23)36-17-25(33)35/h1-8,11,14,20-21,34H,9-10,12-13,15-17H2. The average molecular weight is 501 g/mol. The molecule has 0 bridgehead atoms. The predicted molar refractivity (Wildman–Crippen MR) is 128 cm³/mol. The van der Waals surface area contributed by atoms with Crippen LogP contribution in [0.15, 0.2) is 60.8 Å². The number of amides is 1. The lowest BCUT2D eigenvalue weighted by atomic mass is 10.0. The Morgan fingerprint density at radius 3 is 2.47 bits per heavy atom. The fraction of sp³-hybridized carbons (Fsp3) is 0.385. The van der Waals surface area contributed by atoms with Crippen molar-refractivity contribution in [1.29, 1.82) is 0 Å². The Hall–Kier alpha value is -3.37. The van der Waals surface area contributed by atoms with Crippen molar-refractivity contribution in [2.45, 2.75) is 37.7 Å². The number of hydrogen-bond acceptors (Lipinski definition) is 5. The van der Waals surface area contributed by atoms with E-state index in [1.807, 2.05) is 29.2 Å². The SMILES string of the molecule is O=C1COc2ccccc2N1C1CCN(CC(O)Cn2ccc(-c3ccc(C(F)(F)F)cc3)n2)CC1. The fourth-order valence-corrected chi connectivity index (χ4v) is 4.90. The Balaban J connectivity index is 1.14. The first kappa shape index (κ1) is 24.3. The van der Waals surface area contributed by atoms with Gasteiger partial charge in [0, 0.05) is 37.4 Å². The first-order chi connectivity index (χ1) is 17.3. The topological polar surface area (TPSA) is 70.8 Å². The van der Waals surface area contributed by atoms with Gasteiger partial charge in [0.1, 0.15) is 5.75 Å². The van der Waals surface area contributed by atoms with E-state index in [1.54, 1.807) is 16.9 Å². The molecule has 1 N–H and O–H groups in total. The Kier molecular flexibility index (Phi) is 6.72. The smallest absolute Gasteiger partial charge is 0.416 e. The number of ether oxygens (including phenoxy) is 1. The van der Waals surface area contributed by atoms with Crippen LogP contribution in [0.4, 0.5) is 18.9 Å². The van der Waals surface area contributed by atoms with Gasteiger partial charge in [0.2, 0.25) is 0 Å². The highest BCUT2D eigenvalue weighted by Crippen LogP contribution is 2.35. The van der Waals surface area contributed by atoms with E-state index in [0.29, 0.717) is 17.8 Å². The number of rotatable bonds is 6. The van der Waals surface area contributed by atoms with E-state index in [0.717, 1.165) is 49.5 Å². The van der Waals surface area contributed by atoms with Gasteiger partial charge >= 0.3 is 6.18 Å². The van der Waals surface area contributed by atoms with Gasteiger partial charge in [0.25, 0.3) is 5.91 Å². The van der Waals surface area contributed by atoms with Crippen LogP contribution >= 0.6 is 0 Å². The van der Waals surface area contributed by atoms with Gasteiger partial charge in [-0.3, -0.25) is 9.48 Å². The van der Waals surface area contributed by atoms with Crippen molar-refractivity contribution >= 4 is 11.6 Å². The lowest BCUT2D eigenvalue weighted by Gasteiger charge is -2.41. The summed E-state index contributed by atoms with van der Waals surface area (Å²) in [6.07, 6.45) is -1.73. The lowest BCUT2D eigenvalue weighted by molar-refractivity contribution is -0.137. The molecule has 1 atom stereocenters. The van der Waals surface area contributed by atoms with Gasteiger partial charge in [0.05, 0.1) is 29.6 Å². The molecule has 1 amide bonds. The first-order valence-corrected chi connectivity index (χ1v) is 11.9. The van der Waals surface area contributed by atoms with Gasteiger partial charge in [-0.25, -0.2) is 0 Å². The summed E-state index contributed by atoms with van der Waals surface area (Å²) < 4.78 is 45.5. The molecule has 0 spiro atoms. The quantitative estimate of drug-likeness (QED) is 0.557. The zero-order valence-electron chi connectivity index (χ0n) is 19.6. The van der Waals surface area contributed by atoms with Gasteiger partial charge in [-0.1, -0.05) is 24.3 Å². The van der Waals surface area contributed by atoms with E-state index in [9.17, 15) is 23.1 Å². The minimum absolute atomic E-state index is 0.0327. The average Bonchev–Trinajstić information content (AvgIpc) is 3.32. The van der Waals surface area contributed by atoms with Crippen LogP contribution in [0.1, 0.15) is 18.4 Å². The summed E-state index contributed by atoms with van der Waals surface area (Å²) in [4.78, 5) is 16.6. The van der Waals surface area contributed by atoms with E-state index in [1.165, 1.54) is 12.1 Å². The third-order valence-corrected chi connectivity index (χ3v) is 6.68. The molecule has 1 fully saturated rings. The Bertz CT molecular complexity index is 1200. The molecule has 3 aromatic rings. The van der Waals surface area contributed by atoms with Crippen LogP contribution in [0.25, 0.3) is 11.3 Å². The molecule has 0 saturated carbocycles. The molecular formula is C26H27F3N4O3. The molecule has 190 valence electrons. The van der Waals surface area contributed by atoms with E-state index in [-0.39, 0.29) is 25.1 Å². The van der Waals surface area contributed by atoms with E-state index in [2.05, 4.69) is 10.00 Å². The molecule has 5 rings (SSSR count). The Labute approximate surface area is 206 Å². The third-order valence-electron chi connectivity index (χ3n) is 6.68. The summed E-state index contributed by atoms with van der Waals surface area (Å²) in [6, 6.07) is 14.3. The van der Waals surface area contributed by atoms with Crippen LogP contribution in [0.2, 0.25) is 0 Å². The van der Waals surface area contributed by atoms with Crippen LogP contribution in [-0.2, 0) is 17.5 Å². The molecule has 36 heavy (non-hydrogen) atoms. The molecule has 10 heteroatoms. The number of halogens is 3. The third kappa shape index (κ3) is 5.24. The highest BCUT2D eigenvalue weighted by Gasteiger charge is 2.34. The summed E-state index contributed by atoms with van der Waals surface area (Å²) >= 11 is 0. The highest BCUT2D eigenvalue weighted by atomic mass is 19.4. The summed E-state index contributed by atoms with van der Waals surface area (Å²) in [5.41, 5.74) is 1.24. The maximum absolute atomic E-state index is 12.8. The highest BCUT2D eigenvalue weighted by molar-refractivity contribution is 5.98. The minimum atomic E-state index is -4.38. The number of carbonyl (C=O) groups excluding carboxylic acids is 1. The van der Waals surface area contributed by atoms with Crippen molar-refractivity contribution in [3.05, 3.63) is 66.4 Å². The van der Waals surface area contributed by atoms with Gasteiger partial charge < -0.3 is 19.6 Å². The number of nitrogens with zero attached hydrogens (tertiary/aromatic N) is 4. The number of anilines is 1. The van der Waals surface area contributed by atoms with E-state index < -0.39 is 17.8 Å². The van der Waals surface area contributed by atoms with Gasteiger partial charge in [-0.15, -0.1) is 0 Å². The number of aromatic nitrogens is 2. The van der Waals surface area contributed by atoms with E-state index >= 15 is 0 Å². The number of fused-ring (bicyclic) bond motifs is 1. The Morgan fingerprint density at radius 1 is 1.03 bits per heavy atom. The van der Waals surface area contributed by atoms with Crippen LogP contribution in [0, 0.1) is 0 Å². The first-order valence-electron chi connectivity index (χ1n) is 11.9. The minimum Gasteiger partial charge on any atom is -0.482 e. The molecule has 3 heterocycles. The number of likely N-dealkylation sites (tertiary alicyclic amines) is 1. The van der Waals surface area contributed by atoms with E-state index in [4.69, 9.17) is 4.74 Å². The number of piperidine rings is 1. The summed E-state index contributed by atoms with van der Waals surface area (Å²) in [7, 11) is 0. The van der Waals surface area contributed by atoms with Crippen molar-refractivity contribution < 1.29 is 27.8 Å². The largest absolute Gasteiger partial charge is 0.482 e.